The zero-order valence-corrected chi connectivity index (χ0v) is 23.0. The lowest BCUT2D eigenvalue weighted by atomic mass is 10.1. The highest BCUT2D eigenvalue weighted by Gasteiger charge is 2.18. The lowest BCUT2D eigenvalue weighted by Crippen LogP contribution is -2.07. The van der Waals surface area contributed by atoms with Crippen LogP contribution in [0.1, 0.15) is 11.1 Å². The van der Waals surface area contributed by atoms with Gasteiger partial charge in [-0.05, 0) is 48.5 Å². The number of hydrogen-bond donors (Lipinski definition) is 0. The van der Waals surface area contributed by atoms with E-state index in [-0.39, 0.29) is 11.4 Å². The fourth-order valence-electron chi connectivity index (χ4n) is 3.55. The molecular formula is C30H29N5O6. The van der Waals surface area contributed by atoms with Crippen LogP contribution in [0.15, 0.2) is 101 Å². The zero-order chi connectivity index (χ0) is 29.8. The molecule has 0 heterocycles. The van der Waals surface area contributed by atoms with Crippen molar-refractivity contribution in [2.45, 2.75) is 0 Å². The first-order valence-electron chi connectivity index (χ1n) is 12.3. The zero-order valence-electron chi connectivity index (χ0n) is 23.0. The summed E-state index contributed by atoms with van der Waals surface area (Å²) >= 11 is 0. The van der Waals surface area contributed by atoms with Crippen molar-refractivity contribution in [3.63, 3.8) is 0 Å². The number of hydrogen-bond acceptors (Lipinski definition) is 9. The van der Waals surface area contributed by atoms with Gasteiger partial charge in [0.15, 0.2) is 11.5 Å². The molecule has 0 aliphatic rings. The lowest BCUT2D eigenvalue weighted by Gasteiger charge is -2.11. The molecule has 0 atom stereocenters. The van der Waals surface area contributed by atoms with Crippen LogP contribution >= 0.6 is 0 Å². The molecule has 0 aromatic heterocycles. The Morgan fingerprint density at radius 2 is 1.17 bits per heavy atom. The van der Waals surface area contributed by atoms with Crippen molar-refractivity contribution in [1.82, 2.24) is 0 Å². The number of aliphatic imine (C=N–C) groups is 2. The van der Waals surface area contributed by atoms with Gasteiger partial charge in [0.05, 0.1) is 52.6 Å². The molecule has 11 nitrogen and oxygen atoms in total. The maximum Gasteiger partial charge on any atom is 0.282 e. The molecule has 0 bridgehead atoms. The molecule has 0 saturated carbocycles. The molecule has 11 heteroatoms. The second-order valence-electron chi connectivity index (χ2n) is 8.60. The summed E-state index contributed by atoms with van der Waals surface area (Å²) in [6, 6.07) is 26.2. The number of nitrogens with zero attached hydrogens (tertiary/aromatic N) is 5. The number of benzene rings is 4. The van der Waals surface area contributed by atoms with Gasteiger partial charge in [-0.25, -0.2) is 0 Å². The average molecular weight is 556 g/mol. The maximum atomic E-state index is 11.1. The highest BCUT2D eigenvalue weighted by Crippen LogP contribution is 2.34. The molecule has 0 unspecified atom stereocenters. The summed E-state index contributed by atoms with van der Waals surface area (Å²) in [5, 5.41) is 22.0. The van der Waals surface area contributed by atoms with E-state index in [0.29, 0.717) is 28.3 Å². The average Bonchev–Trinajstić information content (AvgIpc) is 2.99. The standard InChI is InChI=1S/C15H15N3O2.C15H14N2O4/c1-17(2)14-9-7-13(8-10-14)16-11-12-5-3-4-6-15(12)18(19)20;1-20-14-8-11(10-16-12-6-4-3-5-7-12)13(17(18)19)9-15(14)21-2/h3-11H,1-2H3;3-10H,1-2H3/b16-11+;16-10+. The van der Waals surface area contributed by atoms with Gasteiger partial charge < -0.3 is 14.4 Å². The molecule has 0 saturated heterocycles. The van der Waals surface area contributed by atoms with E-state index in [0.717, 1.165) is 11.4 Å². The summed E-state index contributed by atoms with van der Waals surface area (Å²) in [4.78, 5) is 31.6. The molecule has 41 heavy (non-hydrogen) atoms. The molecule has 4 aromatic carbocycles. The van der Waals surface area contributed by atoms with Crippen LogP contribution in [-0.4, -0.2) is 50.6 Å². The Bertz CT molecular complexity index is 1540. The molecule has 4 aromatic rings. The van der Waals surface area contributed by atoms with Gasteiger partial charge in [0.2, 0.25) is 0 Å². The first kappa shape index (κ1) is 30.0. The summed E-state index contributed by atoms with van der Waals surface area (Å²) in [5.41, 5.74) is 3.36. The number of nitro benzene ring substituents is 2. The lowest BCUT2D eigenvalue weighted by molar-refractivity contribution is -0.385. The molecule has 0 fully saturated rings. The summed E-state index contributed by atoms with van der Waals surface area (Å²) in [5.74, 6) is 0.721. The monoisotopic (exact) mass is 555 g/mol. The highest BCUT2D eigenvalue weighted by molar-refractivity contribution is 5.88. The van der Waals surface area contributed by atoms with E-state index in [1.807, 2.05) is 73.6 Å². The third-order valence-electron chi connectivity index (χ3n) is 5.69. The summed E-state index contributed by atoms with van der Waals surface area (Å²) in [7, 11) is 6.83. The maximum absolute atomic E-state index is 11.1. The van der Waals surface area contributed by atoms with E-state index in [9.17, 15) is 20.2 Å². The van der Waals surface area contributed by atoms with Gasteiger partial charge in [-0.1, -0.05) is 30.3 Å². The van der Waals surface area contributed by atoms with Crippen LogP contribution in [0.5, 0.6) is 11.5 Å². The van der Waals surface area contributed by atoms with Crippen molar-refractivity contribution in [1.29, 1.82) is 0 Å². The van der Waals surface area contributed by atoms with Gasteiger partial charge >= 0.3 is 0 Å². The molecule has 0 N–H and O–H groups in total. The molecule has 4 rings (SSSR count). The first-order valence-corrected chi connectivity index (χ1v) is 12.3. The second kappa shape index (κ2) is 14.5. The van der Waals surface area contributed by atoms with E-state index in [2.05, 4.69) is 9.98 Å². The van der Waals surface area contributed by atoms with Crippen molar-refractivity contribution in [2.24, 2.45) is 9.98 Å². The van der Waals surface area contributed by atoms with E-state index in [1.54, 1.807) is 18.2 Å². The molecule has 0 spiro atoms. The quantitative estimate of drug-likeness (QED) is 0.126. The molecule has 0 amide bonds. The second-order valence-corrected chi connectivity index (χ2v) is 8.60. The minimum absolute atomic E-state index is 0.0566. The van der Waals surface area contributed by atoms with E-state index in [4.69, 9.17) is 9.47 Å². The van der Waals surface area contributed by atoms with Crippen LogP contribution in [0.3, 0.4) is 0 Å². The van der Waals surface area contributed by atoms with Gasteiger partial charge in [-0.15, -0.1) is 0 Å². The van der Waals surface area contributed by atoms with Crippen LogP contribution in [0, 0.1) is 20.2 Å². The van der Waals surface area contributed by atoms with Gasteiger partial charge in [-0.2, -0.15) is 0 Å². The predicted octanol–water partition coefficient (Wildman–Crippen LogP) is 6.77. The van der Waals surface area contributed by atoms with Gasteiger partial charge in [0.1, 0.15) is 0 Å². The Morgan fingerprint density at radius 3 is 1.73 bits per heavy atom. The Morgan fingerprint density at radius 1 is 0.659 bits per heavy atom. The molecular weight excluding hydrogens is 526 g/mol. The van der Waals surface area contributed by atoms with Crippen molar-refractivity contribution >= 4 is 40.9 Å². The number of ether oxygens (including phenoxy) is 2. The van der Waals surface area contributed by atoms with Crippen LogP contribution in [0.25, 0.3) is 0 Å². The van der Waals surface area contributed by atoms with Crippen LogP contribution in [0.2, 0.25) is 0 Å². The van der Waals surface area contributed by atoms with Gasteiger partial charge in [0, 0.05) is 38.3 Å². The van der Waals surface area contributed by atoms with Crippen LogP contribution in [0.4, 0.5) is 28.4 Å². The number of para-hydroxylation sites is 2. The predicted molar refractivity (Wildman–Crippen MR) is 161 cm³/mol. The van der Waals surface area contributed by atoms with Crippen molar-refractivity contribution in [2.75, 3.05) is 33.2 Å². The highest BCUT2D eigenvalue weighted by atomic mass is 16.6. The number of rotatable bonds is 9. The molecule has 0 aliphatic heterocycles. The number of methoxy groups -OCH3 is 2. The largest absolute Gasteiger partial charge is 0.493 e. The van der Waals surface area contributed by atoms with E-state index in [1.165, 1.54) is 44.8 Å². The number of nitro groups is 2. The fourth-order valence-corrected chi connectivity index (χ4v) is 3.55. The van der Waals surface area contributed by atoms with E-state index >= 15 is 0 Å². The normalized spacial score (nSPS) is 10.6. The Labute approximate surface area is 237 Å². The third kappa shape index (κ3) is 8.45. The Hall–Kier alpha value is -5.58. The Kier molecular flexibility index (Phi) is 10.6. The van der Waals surface area contributed by atoms with Gasteiger partial charge in [-0.3, -0.25) is 30.2 Å². The van der Waals surface area contributed by atoms with Gasteiger partial charge in [0.25, 0.3) is 11.4 Å². The summed E-state index contributed by atoms with van der Waals surface area (Å²) < 4.78 is 10.2. The molecule has 210 valence electrons. The van der Waals surface area contributed by atoms with E-state index < -0.39 is 9.85 Å². The smallest absolute Gasteiger partial charge is 0.282 e. The van der Waals surface area contributed by atoms with Crippen LogP contribution in [-0.2, 0) is 0 Å². The Balaban J connectivity index is 0.000000226. The minimum Gasteiger partial charge on any atom is -0.493 e. The molecule has 0 radical (unpaired) electrons. The molecule has 0 aliphatic carbocycles. The first-order chi connectivity index (χ1) is 19.7. The minimum atomic E-state index is -0.478. The fraction of sp³-hybridized carbons (Fsp3) is 0.133. The van der Waals surface area contributed by atoms with Crippen molar-refractivity contribution in [3.8, 4) is 11.5 Å². The van der Waals surface area contributed by atoms with Crippen LogP contribution < -0.4 is 14.4 Å². The summed E-state index contributed by atoms with van der Waals surface area (Å²) in [6.45, 7) is 0. The van der Waals surface area contributed by atoms with Crippen molar-refractivity contribution < 1.29 is 19.3 Å². The number of anilines is 1. The van der Waals surface area contributed by atoms with Crippen molar-refractivity contribution in [3.05, 3.63) is 122 Å². The third-order valence-corrected chi connectivity index (χ3v) is 5.69. The summed E-state index contributed by atoms with van der Waals surface area (Å²) in [6.07, 6.45) is 2.96. The SMILES string of the molecule is CN(C)c1ccc(/N=C/c2ccccc2[N+](=O)[O-])cc1.COc1cc(/C=N/c2ccccc2)c([N+](=O)[O-])cc1OC. The topological polar surface area (TPSA) is 133 Å².